The van der Waals surface area contributed by atoms with Crippen molar-refractivity contribution in [1.29, 1.82) is 0 Å². The van der Waals surface area contributed by atoms with Gasteiger partial charge < -0.3 is 10.0 Å². The van der Waals surface area contributed by atoms with E-state index in [1.165, 1.54) is 4.90 Å². The van der Waals surface area contributed by atoms with Gasteiger partial charge in [-0.3, -0.25) is 9.59 Å². The predicted molar refractivity (Wildman–Crippen MR) is 85.1 cm³/mol. The monoisotopic (exact) mass is 320 g/mol. The molecule has 1 aromatic carbocycles. The van der Waals surface area contributed by atoms with Gasteiger partial charge in [0.15, 0.2) is 0 Å². The topological polar surface area (TPSA) is 70.5 Å². The fourth-order valence-electron chi connectivity index (χ4n) is 2.19. The van der Waals surface area contributed by atoms with E-state index in [9.17, 15) is 9.59 Å². The highest BCUT2D eigenvalue weighted by Crippen LogP contribution is 2.18. The molecule has 0 bridgehead atoms. The third-order valence-corrected chi connectivity index (χ3v) is 3.31. The number of aliphatic carboxylic acids is 1. The van der Waals surface area contributed by atoms with Gasteiger partial charge in [-0.25, -0.2) is 4.98 Å². The van der Waals surface area contributed by atoms with Crippen molar-refractivity contribution in [3.05, 3.63) is 41.0 Å². The Morgan fingerprint density at radius 1 is 1.27 bits per heavy atom. The number of nitrogens with zero attached hydrogens (tertiary/aromatic N) is 2. The van der Waals surface area contributed by atoms with Crippen LogP contribution in [0.1, 0.15) is 24.3 Å². The number of hydrogen-bond donors (Lipinski definition) is 1. The Morgan fingerprint density at radius 3 is 2.59 bits per heavy atom. The summed E-state index contributed by atoms with van der Waals surface area (Å²) in [6.45, 7) is 3.87. The maximum atomic E-state index is 12.5. The third-order valence-electron chi connectivity index (χ3n) is 3.07. The predicted octanol–water partition coefficient (Wildman–Crippen LogP) is 3.07. The van der Waals surface area contributed by atoms with Crippen LogP contribution in [0, 0.1) is 5.92 Å². The fourth-order valence-corrected chi connectivity index (χ4v) is 2.36. The lowest BCUT2D eigenvalue weighted by Crippen LogP contribution is -2.38. The Hall–Kier alpha value is -2.14. The van der Waals surface area contributed by atoms with Crippen molar-refractivity contribution in [3.63, 3.8) is 0 Å². The van der Waals surface area contributed by atoms with Crippen LogP contribution in [0.5, 0.6) is 0 Å². The molecule has 0 unspecified atom stereocenters. The van der Waals surface area contributed by atoms with Crippen LogP contribution in [-0.2, 0) is 4.79 Å². The van der Waals surface area contributed by atoms with Crippen molar-refractivity contribution in [3.8, 4) is 0 Å². The molecule has 1 heterocycles. The lowest BCUT2D eigenvalue weighted by Gasteiger charge is -2.22. The van der Waals surface area contributed by atoms with Crippen LogP contribution < -0.4 is 0 Å². The molecule has 1 aromatic heterocycles. The Morgan fingerprint density at radius 2 is 1.95 bits per heavy atom. The number of hydrogen-bond acceptors (Lipinski definition) is 3. The molecule has 0 saturated carbocycles. The van der Waals surface area contributed by atoms with Gasteiger partial charge in [0.2, 0.25) is 0 Å². The zero-order valence-corrected chi connectivity index (χ0v) is 13.2. The van der Waals surface area contributed by atoms with E-state index in [-0.39, 0.29) is 18.2 Å². The van der Waals surface area contributed by atoms with Crippen LogP contribution in [-0.4, -0.2) is 40.0 Å². The molecule has 0 saturated heterocycles. The van der Waals surface area contributed by atoms with Crippen molar-refractivity contribution in [2.75, 3.05) is 13.1 Å². The zero-order valence-electron chi connectivity index (χ0n) is 12.4. The van der Waals surface area contributed by atoms with Crippen molar-refractivity contribution in [1.82, 2.24) is 9.88 Å². The number of carbonyl (C=O) groups excluding carboxylic acids is 1. The molecule has 2 rings (SSSR count). The summed E-state index contributed by atoms with van der Waals surface area (Å²) in [5, 5.41) is 10.4. The molecular formula is C16H17ClN2O3. The second-order valence-electron chi connectivity index (χ2n) is 5.51. The average molecular weight is 321 g/mol. The first-order valence-corrected chi connectivity index (χ1v) is 7.32. The van der Waals surface area contributed by atoms with Gasteiger partial charge in [0.25, 0.3) is 5.91 Å². The first-order chi connectivity index (χ1) is 10.4. The van der Waals surface area contributed by atoms with Crippen molar-refractivity contribution in [2.24, 2.45) is 5.92 Å². The molecule has 116 valence electrons. The molecule has 0 fully saturated rings. The molecule has 0 aliphatic heterocycles. The summed E-state index contributed by atoms with van der Waals surface area (Å²) in [5.41, 5.74) is 0.829. The first-order valence-electron chi connectivity index (χ1n) is 6.94. The largest absolute Gasteiger partial charge is 0.480 e. The minimum atomic E-state index is -1.04. The number of rotatable bonds is 5. The zero-order chi connectivity index (χ0) is 16.3. The molecule has 0 radical (unpaired) electrons. The van der Waals surface area contributed by atoms with E-state index < -0.39 is 11.9 Å². The van der Waals surface area contributed by atoms with Gasteiger partial charge in [0.05, 0.1) is 5.52 Å². The van der Waals surface area contributed by atoms with Gasteiger partial charge >= 0.3 is 5.97 Å². The normalized spacial score (nSPS) is 10.9. The summed E-state index contributed by atoms with van der Waals surface area (Å²) in [5.74, 6) is -1.27. The Kier molecular flexibility index (Phi) is 4.98. The molecule has 2 aromatic rings. The molecule has 5 nitrogen and oxygen atoms in total. The number of benzene rings is 1. The molecule has 0 spiro atoms. The smallest absolute Gasteiger partial charge is 0.323 e. The number of carboxylic acid groups (broad SMARTS) is 1. The minimum absolute atomic E-state index is 0.165. The van der Waals surface area contributed by atoms with Crippen LogP contribution in [0.2, 0.25) is 5.02 Å². The van der Waals surface area contributed by atoms with E-state index in [1.807, 2.05) is 19.9 Å². The van der Waals surface area contributed by atoms with Crippen LogP contribution in [0.25, 0.3) is 10.9 Å². The maximum Gasteiger partial charge on any atom is 0.323 e. The van der Waals surface area contributed by atoms with E-state index in [0.29, 0.717) is 17.1 Å². The average Bonchev–Trinajstić information content (AvgIpc) is 2.44. The van der Waals surface area contributed by atoms with Gasteiger partial charge in [-0.15, -0.1) is 0 Å². The number of fused-ring (bicyclic) bond motifs is 1. The van der Waals surface area contributed by atoms with E-state index in [1.54, 1.807) is 24.3 Å². The summed E-state index contributed by atoms with van der Waals surface area (Å²) >= 11 is 5.94. The third kappa shape index (κ3) is 3.95. The molecular weight excluding hydrogens is 304 g/mol. The standard InChI is InChI=1S/C16H17ClN2O3/c1-10(2)8-19(9-15(20)21)16(22)13-6-4-11-3-5-12(17)7-14(11)18-13/h3-7,10H,8-9H2,1-2H3,(H,20,21). The van der Waals surface area contributed by atoms with Crippen LogP contribution in [0.15, 0.2) is 30.3 Å². The summed E-state index contributed by atoms with van der Waals surface area (Å²) in [4.78, 5) is 29.1. The highest BCUT2D eigenvalue weighted by molar-refractivity contribution is 6.31. The minimum Gasteiger partial charge on any atom is -0.480 e. The van der Waals surface area contributed by atoms with Crippen LogP contribution >= 0.6 is 11.6 Å². The SMILES string of the molecule is CC(C)CN(CC(=O)O)C(=O)c1ccc2ccc(Cl)cc2n1. The highest BCUT2D eigenvalue weighted by atomic mass is 35.5. The Labute approximate surface area is 133 Å². The number of carbonyl (C=O) groups is 2. The number of carboxylic acids is 1. The second kappa shape index (κ2) is 6.75. The number of halogens is 1. The summed E-state index contributed by atoms with van der Waals surface area (Å²) in [7, 11) is 0. The second-order valence-corrected chi connectivity index (χ2v) is 5.94. The molecule has 0 aliphatic rings. The maximum absolute atomic E-state index is 12.5. The van der Waals surface area contributed by atoms with Crippen molar-refractivity contribution >= 4 is 34.4 Å². The molecule has 1 N–H and O–H groups in total. The molecule has 6 heteroatoms. The molecule has 22 heavy (non-hydrogen) atoms. The van der Waals surface area contributed by atoms with E-state index in [0.717, 1.165) is 5.39 Å². The van der Waals surface area contributed by atoms with Crippen LogP contribution in [0.3, 0.4) is 0 Å². The molecule has 1 amide bonds. The van der Waals surface area contributed by atoms with Crippen LogP contribution in [0.4, 0.5) is 0 Å². The van der Waals surface area contributed by atoms with Gasteiger partial charge in [-0.1, -0.05) is 37.6 Å². The quantitative estimate of drug-likeness (QED) is 0.919. The Bertz CT molecular complexity index is 716. The highest BCUT2D eigenvalue weighted by Gasteiger charge is 2.20. The van der Waals surface area contributed by atoms with Gasteiger partial charge in [0, 0.05) is 17.0 Å². The number of pyridine rings is 1. The van der Waals surface area contributed by atoms with E-state index in [4.69, 9.17) is 16.7 Å². The fraction of sp³-hybridized carbons (Fsp3) is 0.312. The van der Waals surface area contributed by atoms with E-state index >= 15 is 0 Å². The van der Waals surface area contributed by atoms with Gasteiger partial charge in [-0.05, 0) is 24.1 Å². The van der Waals surface area contributed by atoms with Crippen molar-refractivity contribution < 1.29 is 14.7 Å². The number of amides is 1. The molecule has 0 aliphatic carbocycles. The summed E-state index contributed by atoms with van der Waals surface area (Å²) in [6.07, 6.45) is 0. The lowest BCUT2D eigenvalue weighted by molar-refractivity contribution is -0.137. The lowest BCUT2D eigenvalue weighted by atomic mass is 10.1. The van der Waals surface area contributed by atoms with Crippen molar-refractivity contribution in [2.45, 2.75) is 13.8 Å². The van der Waals surface area contributed by atoms with E-state index in [2.05, 4.69) is 4.98 Å². The Balaban J connectivity index is 2.34. The molecule has 0 atom stereocenters. The summed E-state index contributed by atoms with van der Waals surface area (Å²) in [6, 6.07) is 8.64. The summed E-state index contributed by atoms with van der Waals surface area (Å²) < 4.78 is 0. The number of aromatic nitrogens is 1. The van der Waals surface area contributed by atoms with Gasteiger partial charge in [0.1, 0.15) is 12.2 Å². The first kappa shape index (κ1) is 16.2. The van der Waals surface area contributed by atoms with Gasteiger partial charge in [-0.2, -0.15) is 0 Å².